The molecule has 0 bridgehead atoms. The lowest BCUT2D eigenvalue weighted by Gasteiger charge is -2.33. The molecule has 3 N–H and O–H groups in total. The zero-order valence-electron chi connectivity index (χ0n) is 21.7. The molecule has 2 aromatic rings. The number of rotatable bonds is 18. The van der Waals surface area contributed by atoms with Gasteiger partial charge in [-0.1, -0.05) is 108 Å². The van der Waals surface area contributed by atoms with Gasteiger partial charge in [-0.25, -0.2) is 0 Å². The molecule has 0 aromatic heterocycles. The summed E-state index contributed by atoms with van der Waals surface area (Å²) in [5.41, 5.74) is -2.86. The van der Waals surface area contributed by atoms with Crippen molar-refractivity contribution in [3.8, 4) is 0 Å². The molecule has 6 nitrogen and oxygen atoms in total. The van der Waals surface area contributed by atoms with Crippen LogP contribution < -0.4 is 0 Å². The van der Waals surface area contributed by atoms with Gasteiger partial charge in [-0.05, 0) is 23.6 Å². The van der Waals surface area contributed by atoms with Crippen LogP contribution in [0.3, 0.4) is 0 Å². The van der Waals surface area contributed by atoms with E-state index >= 15 is 0 Å². The highest BCUT2D eigenvalue weighted by molar-refractivity contribution is 6.22. The number of carbonyl (C=O) groups excluding carboxylic acids is 3. The average Bonchev–Trinajstić information content (AvgIpc) is 2.90. The van der Waals surface area contributed by atoms with E-state index in [0.29, 0.717) is 18.2 Å². The molecule has 0 aliphatic heterocycles. The number of fused-ring (bicyclic) bond motifs is 1. The second kappa shape index (κ2) is 15.0. The van der Waals surface area contributed by atoms with Crippen molar-refractivity contribution in [2.75, 3.05) is 0 Å². The van der Waals surface area contributed by atoms with Gasteiger partial charge in [-0.15, -0.1) is 0 Å². The van der Waals surface area contributed by atoms with Gasteiger partial charge >= 0.3 is 0 Å². The van der Waals surface area contributed by atoms with Gasteiger partial charge in [0.25, 0.3) is 0 Å². The Morgan fingerprint density at radius 1 is 0.750 bits per heavy atom. The van der Waals surface area contributed by atoms with Crippen LogP contribution in [0.25, 0.3) is 10.8 Å². The largest absolute Gasteiger partial charge is 0.386 e. The molecule has 0 heterocycles. The fourth-order valence-electron chi connectivity index (χ4n) is 4.59. The van der Waals surface area contributed by atoms with Crippen LogP contribution in [0.5, 0.6) is 0 Å². The summed E-state index contributed by atoms with van der Waals surface area (Å²) in [6, 6.07) is 12.0. The molecule has 36 heavy (non-hydrogen) atoms. The normalized spacial score (nSPS) is 14.8. The Kier molecular flexibility index (Phi) is 12.4. The lowest BCUT2D eigenvalue weighted by molar-refractivity contribution is -0.157. The summed E-state index contributed by atoms with van der Waals surface area (Å²) in [5.74, 6) is -2.56. The van der Waals surface area contributed by atoms with Gasteiger partial charge < -0.3 is 15.3 Å². The van der Waals surface area contributed by atoms with Gasteiger partial charge in [0.15, 0.2) is 11.6 Å². The average molecular weight is 499 g/mol. The van der Waals surface area contributed by atoms with Crippen molar-refractivity contribution in [3.63, 3.8) is 0 Å². The molecule has 0 saturated carbocycles. The van der Waals surface area contributed by atoms with Gasteiger partial charge in [-0.3, -0.25) is 14.4 Å². The number of Topliss-reactive ketones (excluding diaryl/α,β-unsaturated/α-hetero) is 3. The molecule has 0 aliphatic rings. The molecule has 0 saturated heterocycles. The van der Waals surface area contributed by atoms with Crippen LogP contribution >= 0.6 is 0 Å². The quantitative estimate of drug-likeness (QED) is 0.145. The summed E-state index contributed by atoms with van der Waals surface area (Å²) in [7, 11) is 0. The number of ketones is 3. The summed E-state index contributed by atoms with van der Waals surface area (Å²) < 4.78 is 0. The Morgan fingerprint density at radius 2 is 1.31 bits per heavy atom. The monoisotopic (exact) mass is 498 g/mol. The lowest BCUT2D eigenvalue weighted by atomic mass is 9.78. The molecule has 0 fully saturated rings. The third-order valence-electron chi connectivity index (χ3n) is 6.90. The van der Waals surface area contributed by atoms with Crippen molar-refractivity contribution in [2.45, 2.75) is 109 Å². The molecule has 3 atom stereocenters. The minimum absolute atomic E-state index is 0.00564. The van der Waals surface area contributed by atoms with E-state index < -0.39 is 35.2 Å². The van der Waals surface area contributed by atoms with Crippen LogP contribution in [0, 0.1) is 0 Å². The standard InChI is InChI=1S/C30H42O6/c1-3-5-7-9-11-20-25(31)27(33)29(35)30(36,26(32)21-12-10-8-6-4-2)28(34)24-19-15-17-22-16-13-14-18-23(22)24/h13-19,27,29,33,35-36H,3-12,20-21H2,1-2H3. The van der Waals surface area contributed by atoms with E-state index in [1.807, 2.05) is 6.07 Å². The number of aliphatic hydroxyl groups excluding tert-OH is 2. The third-order valence-corrected chi connectivity index (χ3v) is 6.90. The highest BCUT2D eigenvalue weighted by Gasteiger charge is 2.53. The van der Waals surface area contributed by atoms with Crippen molar-refractivity contribution in [1.82, 2.24) is 0 Å². The van der Waals surface area contributed by atoms with Crippen LogP contribution in [0.15, 0.2) is 42.5 Å². The molecule has 0 spiro atoms. The summed E-state index contributed by atoms with van der Waals surface area (Å²) in [6.45, 7) is 4.16. The Bertz CT molecular complexity index is 995. The van der Waals surface area contributed by atoms with Crippen LogP contribution in [0.4, 0.5) is 0 Å². The summed E-state index contributed by atoms with van der Waals surface area (Å²) >= 11 is 0. The topological polar surface area (TPSA) is 112 Å². The Balaban J connectivity index is 2.31. The Morgan fingerprint density at radius 3 is 1.94 bits per heavy atom. The second-order valence-electron chi connectivity index (χ2n) is 9.73. The molecular weight excluding hydrogens is 456 g/mol. The molecule has 2 aromatic carbocycles. The Labute approximate surface area is 214 Å². The number of hydrogen-bond donors (Lipinski definition) is 3. The van der Waals surface area contributed by atoms with Crippen molar-refractivity contribution in [2.24, 2.45) is 0 Å². The minimum Gasteiger partial charge on any atom is -0.386 e. The highest BCUT2D eigenvalue weighted by atomic mass is 16.4. The first-order valence-corrected chi connectivity index (χ1v) is 13.5. The summed E-state index contributed by atoms with van der Waals surface area (Å²) in [6.07, 6.45) is 4.13. The predicted molar refractivity (Wildman–Crippen MR) is 142 cm³/mol. The van der Waals surface area contributed by atoms with Gasteiger partial charge in [-0.2, -0.15) is 0 Å². The third kappa shape index (κ3) is 7.55. The van der Waals surface area contributed by atoms with Gasteiger partial charge in [0.2, 0.25) is 11.4 Å². The molecular formula is C30H42O6. The number of hydrogen-bond acceptors (Lipinski definition) is 6. The maximum Gasteiger partial charge on any atom is 0.215 e. The molecule has 3 unspecified atom stereocenters. The van der Waals surface area contributed by atoms with Crippen LogP contribution in [-0.4, -0.2) is 50.5 Å². The van der Waals surface area contributed by atoms with Crippen molar-refractivity contribution in [1.29, 1.82) is 0 Å². The van der Waals surface area contributed by atoms with E-state index in [1.54, 1.807) is 30.3 Å². The first-order chi connectivity index (χ1) is 17.3. The fourth-order valence-corrected chi connectivity index (χ4v) is 4.59. The lowest BCUT2D eigenvalue weighted by Crippen LogP contribution is -2.61. The predicted octanol–water partition coefficient (Wildman–Crippen LogP) is 5.33. The van der Waals surface area contributed by atoms with E-state index in [4.69, 9.17) is 0 Å². The fraction of sp³-hybridized carbons (Fsp3) is 0.567. The zero-order valence-corrected chi connectivity index (χ0v) is 21.7. The SMILES string of the molecule is CCCCCCCC(=O)C(O)C(O)C(O)(C(=O)CCCCCCC)C(=O)c1cccc2ccccc12. The molecule has 0 aliphatic carbocycles. The van der Waals surface area contributed by atoms with Gasteiger partial charge in [0.1, 0.15) is 12.2 Å². The second-order valence-corrected chi connectivity index (χ2v) is 9.73. The van der Waals surface area contributed by atoms with Gasteiger partial charge in [0, 0.05) is 18.4 Å². The highest BCUT2D eigenvalue weighted by Crippen LogP contribution is 2.29. The number of carbonyl (C=O) groups is 3. The smallest absolute Gasteiger partial charge is 0.215 e. The molecule has 2 rings (SSSR count). The zero-order chi connectivity index (χ0) is 26.6. The van der Waals surface area contributed by atoms with E-state index in [0.717, 1.165) is 56.8 Å². The van der Waals surface area contributed by atoms with E-state index in [1.165, 1.54) is 6.07 Å². The molecule has 0 radical (unpaired) electrons. The van der Waals surface area contributed by atoms with Crippen molar-refractivity contribution >= 4 is 28.1 Å². The van der Waals surface area contributed by atoms with Crippen molar-refractivity contribution < 1.29 is 29.7 Å². The minimum atomic E-state index is -2.92. The van der Waals surface area contributed by atoms with Crippen LogP contribution in [-0.2, 0) is 9.59 Å². The molecule has 0 amide bonds. The maximum atomic E-state index is 13.7. The first-order valence-electron chi connectivity index (χ1n) is 13.5. The molecule has 198 valence electrons. The molecule has 6 heteroatoms. The number of benzene rings is 2. The van der Waals surface area contributed by atoms with Crippen LogP contribution in [0.2, 0.25) is 0 Å². The van der Waals surface area contributed by atoms with E-state index in [-0.39, 0.29) is 18.4 Å². The van der Waals surface area contributed by atoms with Crippen LogP contribution in [0.1, 0.15) is 101 Å². The summed E-state index contributed by atoms with van der Waals surface area (Å²) in [5, 5.41) is 34.4. The number of unbranched alkanes of at least 4 members (excludes halogenated alkanes) is 8. The van der Waals surface area contributed by atoms with E-state index in [2.05, 4.69) is 13.8 Å². The Hall–Kier alpha value is -2.41. The van der Waals surface area contributed by atoms with E-state index in [9.17, 15) is 29.7 Å². The first kappa shape index (κ1) is 29.8. The summed E-state index contributed by atoms with van der Waals surface area (Å²) in [4.78, 5) is 39.6. The van der Waals surface area contributed by atoms with Crippen molar-refractivity contribution in [3.05, 3.63) is 48.0 Å². The van der Waals surface area contributed by atoms with Gasteiger partial charge in [0.05, 0.1) is 0 Å². The maximum absolute atomic E-state index is 13.7. The number of aliphatic hydroxyl groups is 3.